The highest BCUT2D eigenvalue weighted by molar-refractivity contribution is 5.88. The Morgan fingerprint density at radius 2 is 1.75 bits per heavy atom. The maximum Gasteiger partial charge on any atom is 0.251 e. The third-order valence-corrected chi connectivity index (χ3v) is 5.48. The number of aromatic nitrogens is 1. The second-order valence-electron chi connectivity index (χ2n) is 8.31. The van der Waals surface area contributed by atoms with Gasteiger partial charge in [0.25, 0.3) is 5.56 Å². The summed E-state index contributed by atoms with van der Waals surface area (Å²) < 4.78 is 1.64. The fourth-order valence-electron chi connectivity index (χ4n) is 3.76. The van der Waals surface area contributed by atoms with Crippen LogP contribution < -0.4 is 38.7 Å². The number of hydrogen-bond acceptors (Lipinski definition) is 7. The Kier molecular flexibility index (Phi) is 9.38. The van der Waals surface area contributed by atoms with Crippen molar-refractivity contribution in [1.29, 1.82) is 0 Å². The fourth-order valence-corrected chi connectivity index (χ4v) is 3.76. The van der Waals surface area contributed by atoms with Crippen LogP contribution in [-0.2, 0) is 0 Å². The highest BCUT2D eigenvalue weighted by Crippen LogP contribution is 2.34. The molecule has 0 saturated carbocycles. The Hall–Kier alpha value is -4.59. The van der Waals surface area contributed by atoms with Gasteiger partial charge >= 0.3 is 0 Å². The van der Waals surface area contributed by atoms with Gasteiger partial charge in [-0.1, -0.05) is 44.5 Å². The molecule has 0 amide bonds. The second-order valence-corrected chi connectivity index (χ2v) is 8.31. The minimum absolute atomic E-state index is 0.185. The molecule has 1 aromatic heterocycles. The number of allylic oxidation sites excluding steroid dienone is 5. The van der Waals surface area contributed by atoms with E-state index in [1.54, 1.807) is 41.0 Å². The average Bonchev–Trinajstić information content (AvgIpc) is 2.79. The molecule has 0 radical (unpaired) electrons. The van der Waals surface area contributed by atoms with E-state index in [0.29, 0.717) is 52.1 Å². The molecule has 1 atom stereocenters. The van der Waals surface area contributed by atoms with Crippen LogP contribution in [0, 0.1) is 6.92 Å². The Bertz CT molecular complexity index is 1300. The minimum Gasteiger partial charge on any atom is -0.400 e. The van der Waals surface area contributed by atoms with Gasteiger partial charge in [-0.2, -0.15) is 0 Å². The Labute approximate surface area is 213 Å². The number of benzene rings is 1. The molecule has 0 aliphatic carbocycles. The predicted molar refractivity (Wildman–Crippen MR) is 154 cm³/mol. The van der Waals surface area contributed by atoms with E-state index in [4.69, 9.17) is 17.2 Å². The number of nitrogen functional groups attached to an aromatic ring is 1. The predicted octanol–water partition coefficient (Wildman–Crippen LogP) is 4.03. The lowest BCUT2D eigenvalue weighted by atomic mass is 9.98. The summed E-state index contributed by atoms with van der Waals surface area (Å²) in [6, 6.07) is 6.76. The SMILES string of the molecule is C=C/C=C\C=C(/N)[C@@H](C)n1c(C)cc(-c2cc(N)c(NC(=C)NC(=C)NCC)c(C(=C)N)c2)cc1=O. The van der Waals surface area contributed by atoms with Gasteiger partial charge in [-0.3, -0.25) is 4.79 Å². The van der Waals surface area contributed by atoms with E-state index in [1.165, 1.54) is 0 Å². The van der Waals surface area contributed by atoms with Crippen molar-refractivity contribution in [2.75, 3.05) is 17.6 Å². The molecule has 9 N–H and O–H groups in total. The zero-order chi connectivity index (χ0) is 27.0. The Balaban J connectivity index is 2.47. The van der Waals surface area contributed by atoms with Gasteiger partial charge in [-0.25, -0.2) is 0 Å². The van der Waals surface area contributed by atoms with Crippen molar-refractivity contribution in [2.24, 2.45) is 11.5 Å². The molecular formula is C28H37N7O. The van der Waals surface area contributed by atoms with Crippen LogP contribution in [0.1, 0.15) is 31.1 Å². The van der Waals surface area contributed by atoms with Crippen LogP contribution in [0.2, 0.25) is 0 Å². The summed E-state index contributed by atoms with van der Waals surface area (Å²) >= 11 is 0. The van der Waals surface area contributed by atoms with Crippen molar-refractivity contribution >= 4 is 17.1 Å². The summed E-state index contributed by atoms with van der Waals surface area (Å²) in [5.74, 6) is 1.06. The molecule has 1 heterocycles. The molecule has 0 aliphatic rings. The van der Waals surface area contributed by atoms with Gasteiger partial charge < -0.3 is 37.7 Å². The number of aryl methyl sites for hydroxylation is 1. The quantitative estimate of drug-likeness (QED) is 0.196. The number of nitrogens with one attached hydrogen (secondary N) is 3. The zero-order valence-corrected chi connectivity index (χ0v) is 21.3. The van der Waals surface area contributed by atoms with Crippen LogP contribution in [0.15, 0.2) is 97.0 Å². The van der Waals surface area contributed by atoms with Crippen LogP contribution in [0.4, 0.5) is 11.4 Å². The minimum atomic E-state index is -0.326. The molecule has 2 aromatic rings. The Morgan fingerprint density at radius 3 is 2.33 bits per heavy atom. The molecule has 8 heteroatoms. The summed E-state index contributed by atoms with van der Waals surface area (Å²) in [5, 5.41) is 9.22. The van der Waals surface area contributed by atoms with E-state index in [2.05, 4.69) is 42.3 Å². The number of hydrogen-bond donors (Lipinski definition) is 6. The highest BCUT2D eigenvalue weighted by Gasteiger charge is 2.16. The maximum absolute atomic E-state index is 13.1. The first-order chi connectivity index (χ1) is 17.0. The van der Waals surface area contributed by atoms with Gasteiger partial charge in [-0.05, 0) is 56.2 Å². The smallest absolute Gasteiger partial charge is 0.251 e. The first kappa shape index (κ1) is 27.7. The van der Waals surface area contributed by atoms with Gasteiger partial charge in [0.1, 0.15) is 5.82 Å². The van der Waals surface area contributed by atoms with Crippen molar-refractivity contribution in [1.82, 2.24) is 15.2 Å². The summed E-state index contributed by atoms with van der Waals surface area (Å²) in [5.41, 5.74) is 23.1. The molecule has 1 aromatic carbocycles. The number of nitrogens with two attached hydrogens (primary N) is 3. The lowest BCUT2D eigenvalue weighted by molar-refractivity contribution is 0.581. The first-order valence-corrected chi connectivity index (χ1v) is 11.5. The van der Waals surface area contributed by atoms with Crippen molar-refractivity contribution in [3.05, 3.63) is 114 Å². The average molecular weight is 488 g/mol. The number of nitrogens with zero attached hydrogens (tertiary/aromatic N) is 1. The van der Waals surface area contributed by atoms with Crippen molar-refractivity contribution < 1.29 is 0 Å². The molecule has 0 fully saturated rings. The van der Waals surface area contributed by atoms with E-state index in [1.807, 2.05) is 32.9 Å². The zero-order valence-electron chi connectivity index (χ0n) is 21.3. The third kappa shape index (κ3) is 6.73. The molecule has 0 aliphatic heterocycles. The molecule has 36 heavy (non-hydrogen) atoms. The van der Waals surface area contributed by atoms with Gasteiger partial charge in [0.2, 0.25) is 0 Å². The number of rotatable bonds is 12. The number of pyridine rings is 1. The molecule has 190 valence electrons. The summed E-state index contributed by atoms with van der Waals surface area (Å²) in [6.07, 6.45) is 6.97. The lowest BCUT2D eigenvalue weighted by Crippen LogP contribution is -2.28. The normalized spacial score (nSPS) is 12.1. The van der Waals surface area contributed by atoms with Crippen molar-refractivity contribution in [2.45, 2.75) is 26.8 Å². The second kappa shape index (κ2) is 12.2. The maximum atomic E-state index is 13.1. The van der Waals surface area contributed by atoms with Crippen LogP contribution in [-0.4, -0.2) is 11.1 Å². The molecule has 8 nitrogen and oxygen atoms in total. The largest absolute Gasteiger partial charge is 0.400 e. The van der Waals surface area contributed by atoms with E-state index in [9.17, 15) is 4.79 Å². The van der Waals surface area contributed by atoms with E-state index in [0.717, 1.165) is 11.3 Å². The van der Waals surface area contributed by atoms with Gasteiger partial charge in [-0.15, -0.1) is 0 Å². The summed E-state index contributed by atoms with van der Waals surface area (Å²) in [7, 11) is 0. The molecule has 2 rings (SSSR count). The van der Waals surface area contributed by atoms with E-state index in [-0.39, 0.29) is 11.6 Å². The van der Waals surface area contributed by atoms with Gasteiger partial charge in [0.05, 0.1) is 23.2 Å². The molecule has 0 unspecified atom stereocenters. The standard InChI is InChI=1S/C28H37N7O/c1-8-10-11-12-25(30)19(5)35-17(3)13-22(16-27(35)36)23-14-24(18(4)29)28(26(31)15-23)34-21(7)33-20(6)32-9-2/h8,10-16,19,32-34H,1,4,6-7,9,29-31H2,2-3,5H3/b11-10-,25-12-/t19-/m1/s1. The molecular weight excluding hydrogens is 450 g/mol. The van der Waals surface area contributed by atoms with Crippen LogP contribution in [0.25, 0.3) is 16.8 Å². The van der Waals surface area contributed by atoms with E-state index >= 15 is 0 Å². The third-order valence-electron chi connectivity index (χ3n) is 5.48. The van der Waals surface area contributed by atoms with Crippen LogP contribution in [0.3, 0.4) is 0 Å². The lowest BCUT2D eigenvalue weighted by Gasteiger charge is -2.21. The van der Waals surface area contributed by atoms with Gasteiger partial charge in [0.15, 0.2) is 0 Å². The summed E-state index contributed by atoms with van der Waals surface area (Å²) in [6.45, 7) is 21.8. The van der Waals surface area contributed by atoms with Crippen LogP contribution >= 0.6 is 0 Å². The van der Waals surface area contributed by atoms with E-state index < -0.39 is 0 Å². The first-order valence-electron chi connectivity index (χ1n) is 11.5. The summed E-state index contributed by atoms with van der Waals surface area (Å²) in [4.78, 5) is 13.1. The molecule has 0 spiro atoms. The fraction of sp³-hybridized carbons (Fsp3) is 0.179. The van der Waals surface area contributed by atoms with Crippen molar-refractivity contribution in [3.8, 4) is 11.1 Å². The molecule has 0 saturated heterocycles. The Morgan fingerprint density at radius 1 is 1.08 bits per heavy atom. The topological polar surface area (TPSA) is 136 Å². The van der Waals surface area contributed by atoms with Crippen LogP contribution in [0.5, 0.6) is 0 Å². The molecule has 0 bridgehead atoms. The van der Waals surface area contributed by atoms with Gasteiger partial charge in [0, 0.05) is 35.3 Å². The number of anilines is 2. The monoisotopic (exact) mass is 487 g/mol. The highest BCUT2D eigenvalue weighted by atomic mass is 16.1. The van der Waals surface area contributed by atoms with Crippen molar-refractivity contribution in [3.63, 3.8) is 0 Å².